The van der Waals surface area contributed by atoms with Gasteiger partial charge in [0.2, 0.25) is 0 Å². The molecule has 122 valence electrons. The Balaban J connectivity index is 2.13. The van der Waals surface area contributed by atoms with E-state index in [2.05, 4.69) is 34.7 Å². The van der Waals surface area contributed by atoms with Gasteiger partial charge >= 0.3 is 0 Å². The normalized spacial score (nSPS) is 17.0. The Morgan fingerprint density at radius 3 is 2.23 bits per heavy atom. The number of halogens is 1. The van der Waals surface area contributed by atoms with Gasteiger partial charge in [-0.1, -0.05) is 0 Å². The van der Waals surface area contributed by atoms with Gasteiger partial charge in [0.1, 0.15) is 0 Å². The van der Waals surface area contributed by atoms with Crippen molar-refractivity contribution in [3.05, 3.63) is 28.2 Å². The summed E-state index contributed by atoms with van der Waals surface area (Å²) in [4.78, 5) is 16.9. The maximum Gasteiger partial charge on any atom is 0.253 e. The summed E-state index contributed by atoms with van der Waals surface area (Å²) in [5, 5.41) is 0. The molecule has 0 unspecified atom stereocenters. The predicted molar refractivity (Wildman–Crippen MR) is 89.9 cm³/mol. The van der Waals surface area contributed by atoms with Gasteiger partial charge in [-0.2, -0.15) is 0 Å². The maximum atomic E-state index is 12.5. The van der Waals surface area contributed by atoms with Gasteiger partial charge in [-0.25, -0.2) is 8.42 Å². The quantitative estimate of drug-likeness (QED) is 0.794. The van der Waals surface area contributed by atoms with E-state index in [-0.39, 0.29) is 10.8 Å². The van der Waals surface area contributed by atoms with Crippen LogP contribution in [0.4, 0.5) is 0 Å². The molecule has 1 heterocycles. The van der Waals surface area contributed by atoms with Crippen molar-refractivity contribution in [3.63, 3.8) is 0 Å². The zero-order valence-electron chi connectivity index (χ0n) is 13.0. The lowest BCUT2D eigenvalue weighted by atomic mass is 10.1. The highest BCUT2D eigenvalue weighted by atomic mass is 79.9. The third-order valence-electron chi connectivity index (χ3n) is 3.91. The van der Waals surface area contributed by atoms with Crippen molar-refractivity contribution in [3.8, 4) is 0 Å². The van der Waals surface area contributed by atoms with Gasteiger partial charge in [0.25, 0.3) is 5.91 Å². The Labute approximate surface area is 140 Å². The first kappa shape index (κ1) is 17.4. The molecule has 1 aromatic carbocycles. The van der Waals surface area contributed by atoms with Crippen molar-refractivity contribution >= 4 is 31.7 Å². The lowest BCUT2D eigenvalue weighted by Gasteiger charge is -2.37. The monoisotopic (exact) mass is 388 g/mol. The summed E-state index contributed by atoms with van der Waals surface area (Å²) in [6, 6.07) is 5.14. The van der Waals surface area contributed by atoms with E-state index in [0.29, 0.717) is 29.2 Å². The summed E-state index contributed by atoms with van der Waals surface area (Å²) >= 11 is 3.25. The van der Waals surface area contributed by atoms with Crippen LogP contribution in [0.25, 0.3) is 0 Å². The van der Waals surface area contributed by atoms with Crippen molar-refractivity contribution in [2.45, 2.75) is 24.8 Å². The molecule has 1 saturated heterocycles. The first-order valence-electron chi connectivity index (χ1n) is 7.23. The summed E-state index contributed by atoms with van der Waals surface area (Å²) in [6.07, 6.45) is 1.15. The minimum absolute atomic E-state index is 0.0517. The molecule has 1 aromatic rings. The molecule has 0 radical (unpaired) electrons. The fourth-order valence-corrected chi connectivity index (χ4v) is 4.55. The second-order valence-electron chi connectivity index (χ2n) is 5.84. The molecule has 7 heteroatoms. The fourth-order valence-electron chi connectivity index (χ4n) is 2.56. The van der Waals surface area contributed by atoms with Crippen molar-refractivity contribution < 1.29 is 13.2 Å². The molecule has 22 heavy (non-hydrogen) atoms. The average Bonchev–Trinajstić information content (AvgIpc) is 2.45. The third-order valence-corrected chi connectivity index (χ3v) is 5.98. The van der Waals surface area contributed by atoms with Gasteiger partial charge < -0.3 is 4.90 Å². The number of piperazine rings is 1. The van der Waals surface area contributed by atoms with E-state index >= 15 is 0 Å². The number of sulfone groups is 1. The molecule has 1 amide bonds. The van der Waals surface area contributed by atoms with Crippen LogP contribution < -0.4 is 0 Å². The van der Waals surface area contributed by atoms with Crippen molar-refractivity contribution in [2.75, 3.05) is 32.4 Å². The van der Waals surface area contributed by atoms with Crippen LogP contribution in [0, 0.1) is 0 Å². The van der Waals surface area contributed by atoms with Gasteiger partial charge in [0, 0.05) is 48.5 Å². The van der Waals surface area contributed by atoms with Crippen LogP contribution >= 0.6 is 15.9 Å². The largest absolute Gasteiger partial charge is 0.336 e. The molecular weight excluding hydrogens is 368 g/mol. The van der Waals surface area contributed by atoms with E-state index in [4.69, 9.17) is 0 Å². The first-order chi connectivity index (χ1) is 10.2. The molecule has 0 bridgehead atoms. The third kappa shape index (κ3) is 3.88. The Hall–Kier alpha value is -0.920. The molecule has 0 atom stereocenters. The molecule has 0 saturated carbocycles. The van der Waals surface area contributed by atoms with Gasteiger partial charge in [0.05, 0.1) is 4.90 Å². The van der Waals surface area contributed by atoms with E-state index in [9.17, 15) is 13.2 Å². The van der Waals surface area contributed by atoms with Crippen LogP contribution in [0.5, 0.6) is 0 Å². The highest BCUT2D eigenvalue weighted by Crippen LogP contribution is 2.24. The van der Waals surface area contributed by atoms with E-state index < -0.39 is 9.84 Å². The van der Waals surface area contributed by atoms with Crippen molar-refractivity contribution in [2.24, 2.45) is 0 Å². The molecule has 0 N–H and O–H groups in total. The van der Waals surface area contributed by atoms with E-state index in [1.165, 1.54) is 6.07 Å². The molecule has 0 aliphatic carbocycles. The number of benzene rings is 1. The maximum absolute atomic E-state index is 12.5. The molecular formula is C15H21BrN2O3S. The van der Waals surface area contributed by atoms with Crippen LogP contribution in [-0.2, 0) is 9.84 Å². The van der Waals surface area contributed by atoms with E-state index in [1.807, 2.05) is 4.90 Å². The topological polar surface area (TPSA) is 57.7 Å². The molecule has 1 aliphatic heterocycles. The summed E-state index contributed by atoms with van der Waals surface area (Å²) in [5.74, 6) is -0.0517. The van der Waals surface area contributed by atoms with E-state index in [1.54, 1.807) is 12.1 Å². The Morgan fingerprint density at radius 2 is 1.77 bits per heavy atom. The number of amides is 1. The van der Waals surface area contributed by atoms with Crippen LogP contribution in [0.2, 0.25) is 0 Å². The van der Waals surface area contributed by atoms with Crippen molar-refractivity contribution in [1.29, 1.82) is 0 Å². The Kier molecular flexibility index (Phi) is 5.29. The van der Waals surface area contributed by atoms with Crippen molar-refractivity contribution in [1.82, 2.24) is 9.80 Å². The van der Waals surface area contributed by atoms with Crippen LogP contribution in [0.15, 0.2) is 27.6 Å². The van der Waals surface area contributed by atoms with Gasteiger partial charge in [0.15, 0.2) is 9.84 Å². The minimum atomic E-state index is -3.30. The van der Waals surface area contributed by atoms with Gasteiger partial charge in [-0.05, 0) is 48.0 Å². The molecule has 1 aliphatic rings. The number of hydrogen-bond acceptors (Lipinski definition) is 4. The fraction of sp³-hybridized carbons (Fsp3) is 0.533. The summed E-state index contributed by atoms with van der Waals surface area (Å²) in [5.41, 5.74) is 0.511. The molecule has 1 fully saturated rings. The number of rotatable bonds is 3. The predicted octanol–water partition coefficient (Wildman–Crippen LogP) is 2.02. The Bertz CT molecular complexity index is 665. The van der Waals surface area contributed by atoms with Crippen LogP contribution in [0.1, 0.15) is 24.2 Å². The summed E-state index contributed by atoms with van der Waals surface area (Å²) < 4.78 is 23.6. The zero-order valence-corrected chi connectivity index (χ0v) is 15.4. The number of nitrogens with zero attached hydrogens (tertiary/aromatic N) is 2. The second-order valence-corrected chi connectivity index (χ2v) is 8.68. The second kappa shape index (κ2) is 6.68. The SMILES string of the molecule is CC(C)N1CCN(C(=O)c2ccc(S(C)(=O)=O)c(Br)c2)CC1. The van der Waals surface area contributed by atoms with Crippen LogP contribution in [0.3, 0.4) is 0 Å². The Morgan fingerprint density at radius 1 is 1.18 bits per heavy atom. The number of carbonyl (C=O) groups excluding carboxylic acids is 1. The lowest BCUT2D eigenvalue weighted by Crippen LogP contribution is -2.50. The summed E-state index contributed by atoms with van der Waals surface area (Å²) in [6.45, 7) is 7.43. The van der Waals surface area contributed by atoms with Gasteiger partial charge in [-0.15, -0.1) is 0 Å². The molecule has 2 rings (SSSR count). The lowest BCUT2D eigenvalue weighted by molar-refractivity contribution is 0.0595. The molecule has 0 aromatic heterocycles. The van der Waals surface area contributed by atoms with Gasteiger partial charge in [-0.3, -0.25) is 9.69 Å². The smallest absolute Gasteiger partial charge is 0.253 e. The molecule has 5 nitrogen and oxygen atoms in total. The summed E-state index contributed by atoms with van der Waals surface area (Å²) in [7, 11) is -3.30. The first-order valence-corrected chi connectivity index (χ1v) is 9.91. The van der Waals surface area contributed by atoms with Crippen LogP contribution in [-0.4, -0.2) is 62.6 Å². The average molecular weight is 389 g/mol. The number of carbonyl (C=O) groups is 1. The highest BCUT2D eigenvalue weighted by Gasteiger charge is 2.24. The highest BCUT2D eigenvalue weighted by molar-refractivity contribution is 9.10. The van der Waals surface area contributed by atoms with E-state index in [0.717, 1.165) is 19.3 Å². The zero-order chi connectivity index (χ0) is 16.5. The minimum Gasteiger partial charge on any atom is -0.336 e. The molecule has 0 spiro atoms. The number of hydrogen-bond donors (Lipinski definition) is 0. The standard InChI is InChI=1S/C15H21BrN2O3S/c1-11(2)17-6-8-18(9-7-17)15(19)12-4-5-14(13(16)10-12)22(3,20)21/h4-5,10-11H,6-9H2,1-3H3.